The highest BCUT2D eigenvalue weighted by Gasteiger charge is 2.68. The lowest BCUT2D eigenvalue weighted by atomic mass is 9.77. The molecule has 0 spiro atoms. The van der Waals surface area contributed by atoms with Gasteiger partial charge in [0.1, 0.15) is 11.9 Å². The second-order valence-corrected chi connectivity index (χ2v) is 7.79. The average molecular weight is 365 g/mol. The lowest BCUT2D eigenvalue weighted by Crippen LogP contribution is -2.70. The molecule has 2 aliphatic rings. The van der Waals surface area contributed by atoms with Gasteiger partial charge in [0, 0.05) is 12.5 Å². The number of aliphatic hydroxyl groups is 1. The molecule has 26 heavy (non-hydrogen) atoms. The van der Waals surface area contributed by atoms with Crippen LogP contribution < -0.4 is 9.64 Å². The number of fused-ring (bicyclic) bond motifs is 1. The van der Waals surface area contributed by atoms with E-state index in [9.17, 15) is 5.11 Å². The quantitative estimate of drug-likeness (QED) is 0.720. The fourth-order valence-electron chi connectivity index (χ4n) is 4.55. The van der Waals surface area contributed by atoms with E-state index >= 15 is 8.78 Å². The molecule has 1 heterocycles. The largest absolute Gasteiger partial charge is 0.459 e. The summed E-state index contributed by atoms with van der Waals surface area (Å²) in [6, 6.07) is 7.08. The third kappa shape index (κ3) is 2.81. The molecule has 1 aliphatic heterocycles. The summed E-state index contributed by atoms with van der Waals surface area (Å²) in [5.41, 5.74) is -1.31. The summed E-state index contributed by atoms with van der Waals surface area (Å²) >= 11 is 0. The van der Waals surface area contributed by atoms with Gasteiger partial charge in [0.05, 0.1) is 5.69 Å². The zero-order chi connectivity index (χ0) is 18.9. The van der Waals surface area contributed by atoms with Gasteiger partial charge in [-0.15, -0.1) is 6.58 Å². The normalized spacial score (nSPS) is 25.1. The topological polar surface area (TPSA) is 32.7 Å². The standard InChI is InChI=1S/C21H29F2NO2/c1-4-14-24-17-12-8-9-13-18(17)26-21(24,15(2)3)20(22,23)19(25)16-10-6-5-7-11-16/h4,8-9,12-13,15-16,19,25H,1,5-7,10-11,14H2,2-3H3/t19-,21-/m0/s1. The van der Waals surface area contributed by atoms with Crippen LogP contribution >= 0.6 is 0 Å². The highest BCUT2D eigenvalue weighted by Crippen LogP contribution is 2.54. The molecule has 0 unspecified atom stereocenters. The van der Waals surface area contributed by atoms with Gasteiger partial charge in [-0.05, 0) is 30.9 Å². The monoisotopic (exact) mass is 365 g/mol. The minimum atomic E-state index is -3.43. The summed E-state index contributed by atoms with van der Waals surface area (Å²) in [5.74, 6) is -3.93. The van der Waals surface area contributed by atoms with Crippen molar-refractivity contribution in [1.29, 1.82) is 0 Å². The molecule has 0 amide bonds. The molecule has 1 saturated carbocycles. The highest BCUT2D eigenvalue weighted by atomic mass is 19.3. The molecule has 2 atom stereocenters. The first-order valence-corrected chi connectivity index (χ1v) is 9.58. The Morgan fingerprint density at radius 1 is 1.31 bits per heavy atom. The van der Waals surface area contributed by atoms with Crippen LogP contribution in [0.1, 0.15) is 46.0 Å². The molecular formula is C21H29F2NO2. The van der Waals surface area contributed by atoms with Gasteiger partial charge in [-0.1, -0.05) is 51.3 Å². The van der Waals surface area contributed by atoms with Gasteiger partial charge in [-0.3, -0.25) is 0 Å². The third-order valence-corrected chi connectivity index (χ3v) is 5.86. The molecule has 5 heteroatoms. The number of aliphatic hydroxyl groups excluding tert-OH is 1. The average Bonchev–Trinajstić information content (AvgIpc) is 2.98. The molecule has 0 aromatic heterocycles. The molecule has 1 N–H and O–H groups in total. The fourth-order valence-corrected chi connectivity index (χ4v) is 4.55. The molecule has 0 saturated heterocycles. The van der Waals surface area contributed by atoms with Crippen molar-refractivity contribution in [2.45, 2.75) is 63.7 Å². The van der Waals surface area contributed by atoms with E-state index < -0.39 is 29.6 Å². The number of ether oxygens (including phenoxy) is 1. The maximum absolute atomic E-state index is 15.9. The first-order valence-electron chi connectivity index (χ1n) is 9.58. The van der Waals surface area contributed by atoms with Gasteiger partial charge in [-0.25, -0.2) is 0 Å². The van der Waals surface area contributed by atoms with Gasteiger partial charge in [0.15, 0.2) is 0 Å². The van der Waals surface area contributed by atoms with E-state index in [-0.39, 0.29) is 6.54 Å². The Morgan fingerprint density at radius 3 is 2.58 bits per heavy atom. The summed E-state index contributed by atoms with van der Waals surface area (Å²) in [5, 5.41) is 10.8. The van der Waals surface area contributed by atoms with Crippen LogP contribution in [0.4, 0.5) is 14.5 Å². The molecule has 3 nitrogen and oxygen atoms in total. The molecular weight excluding hydrogens is 336 g/mol. The van der Waals surface area contributed by atoms with Crippen molar-refractivity contribution in [3.63, 3.8) is 0 Å². The van der Waals surface area contributed by atoms with Gasteiger partial charge in [-0.2, -0.15) is 8.78 Å². The Bertz CT molecular complexity index is 643. The van der Waals surface area contributed by atoms with Gasteiger partial charge in [0.2, 0.25) is 0 Å². The molecule has 1 aromatic rings. The minimum Gasteiger partial charge on any atom is -0.459 e. The van der Waals surface area contributed by atoms with Crippen LogP contribution in [-0.4, -0.2) is 29.4 Å². The van der Waals surface area contributed by atoms with E-state index in [1.165, 1.54) is 0 Å². The van der Waals surface area contributed by atoms with Crippen molar-refractivity contribution >= 4 is 5.69 Å². The maximum Gasteiger partial charge on any atom is 0.331 e. The van der Waals surface area contributed by atoms with E-state index in [0.29, 0.717) is 24.3 Å². The fraction of sp³-hybridized carbons (Fsp3) is 0.619. The lowest BCUT2D eigenvalue weighted by Gasteiger charge is -2.48. The first kappa shape index (κ1) is 19.2. The predicted molar refractivity (Wildman–Crippen MR) is 99.7 cm³/mol. The number of nitrogens with zero attached hydrogens (tertiary/aromatic N) is 1. The zero-order valence-electron chi connectivity index (χ0n) is 15.6. The van der Waals surface area contributed by atoms with Crippen molar-refractivity contribution in [2.75, 3.05) is 11.4 Å². The van der Waals surface area contributed by atoms with Gasteiger partial charge < -0.3 is 14.7 Å². The molecule has 1 fully saturated rings. The number of hydrogen-bond donors (Lipinski definition) is 1. The van der Waals surface area contributed by atoms with E-state index in [2.05, 4.69) is 6.58 Å². The van der Waals surface area contributed by atoms with Gasteiger partial charge >= 0.3 is 5.92 Å². The van der Waals surface area contributed by atoms with Crippen LogP contribution in [0.2, 0.25) is 0 Å². The van der Waals surface area contributed by atoms with Crippen molar-refractivity contribution in [2.24, 2.45) is 11.8 Å². The van der Waals surface area contributed by atoms with Crippen LogP contribution in [0.5, 0.6) is 5.75 Å². The number of anilines is 1. The highest BCUT2D eigenvalue weighted by molar-refractivity contribution is 5.65. The van der Waals surface area contributed by atoms with Crippen LogP contribution in [-0.2, 0) is 0 Å². The van der Waals surface area contributed by atoms with E-state index in [1.807, 2.05) is 6.07 Å². The van der Waals surface area contributed by atoms with Gasteiger partial charge in [0.25, 0.3) is 5.72 Å². The van der Waals surface area contributed by atoms with Crippen LogP contribution in [0, 0.1) is 11.8 Å². The molecule has 3 rings (SSSR count). The molecule has 1 aliphatic carbocycles. The molecule has 144 valence electrons. The van der Waals surface area contributed by atoms with Crippen molar-refractivity contribution in [3.8, 4) is 5.75 Å². The summed E-state index contributed by atoms with van der Waals surface area (Å²) in [6.45, 7) is 7.41. The number of benzene rings is 1. The summed E-state index contributed by atoms with van der Waals surface area (Å²) in [4.78, 5) is 1.58. The minimum absolute atomic E-state index is 0.224. The number of para-hydroxylation sites is 2. The Balaban J connectivity index is 2.05. The third-order valence-electron chi connectivity index (χ3n) is 5.86. The summed E-state index contributed by atoms with van der Waals surface area (Å²) < 4.78 is 37.8. The Hall–Kier alpha value is -1.62. The summed E-state index contributed by atoms with van der Waals surface area (Å²) in [7, 11) is 0. The van der Waals surface area contributed by atoms with Crippen molar-refractivity contribution < 1.29 is 18.6 Å². The van der Waals surface area contributed by atoms with Crippen LogP contribution in [0.15, 0.2) is 36.9 Å². The van der Waals surface area contributed by atoms with Crippen molar-refractivity contribution in [3.05, 3.63) is 36.9 Å². The number of rotatable bonds is 6. The lowest BCUT2D eigenvalue weighted by molar-refractivity contribution is -0.242. The molecule has 0 bridgehead atoms. The predicted octanol–water partition coefficient (Wildman–Crippen LogP) is 5.00. The van der Waals surface area contributed by atoms with Crippen molar-refractivity contribution in [1.82, 2.24) is 0 Å². The Morgan fingerprint density at radius 2 is 1.96 bits per heavy atom. The van der Waals surface area contributed by atoms with E-state index in [1.54, 1.807) is 43.0 Å². The van der Waals surface area contributed by atoms with Crippen LogP contribution in [0.3, 0.4) is 0 Å². The van der Waals surface area contributed by atoms with Crippen LogP contribution in [0.25, 0.3) is 0 Å². The summed E-state index contributed by atoms with van der Waals surface area (Å²) in [6.07, 6.45) is 3.99. The number of hydrogen-bond acceptors (Lipinski definition) is 3. The van der Waals surface area contributed by atoms with E-state index in [0.717, 1.165) is 19.3 Å². The Labute approximate surface area is 154 Å². The van der Waals surface area contributed by atoms with E-state index in [4.69, 9.17) is 4.74 Å². The first-order chi connectivity index (χ1) is 12.4. The maximum atomic E-state index is 15.9. The number of halogens is 2. The molecule has 1 aromatic carbocycles. The smallest absolute Gasteiger partial charge is 0.331 e. The molecule has 0 radical (unpaired) electrons. The Kier molecular flexibility index (Phi) is 5.29. The second kappa shape index (κ2) is 7.18. The zero-order valence-corrected chi connectivity index (χ0v) is 15.6. The second-order valence-electron chi connectivity index (χ2n) is 7.79. The number of alkyl halides is 2. The SMILES string of the molecule is C=CCN1c2ccccc2O[C@@]1(C(C)C)C(F)(F)[C@@H](O)C1CCCCC1.